The fourth-order valence-electron chi connectivity index (χ4n) is 4.60. The van der Waals surface area contributed by atoms with Crippen LogP contribution in [-0.4, -0.2) is 29.2 Å². The Bertz CT molecular complexity index is 1190. The van der Waals surface area contributed by atoms with E-state index < -0.39 is 5.97 Å². The van der Waals surface area contributed by atoms with Crippen molar-refractivity contribution in [3.05, 3.63) is 99.8 Å². The molecule has 1 fully saturated rings. The van der Waals surface area contributed by atoms with Gasteiger partial charge in [0.25, 0.3) is 5.91 Å². The zero-order valence-corrected chi connectivity index (χ0v) is 18.9. The Morgan fingerprint density at radius 3 is 2.52 bits per heavy atom. The normalized spacial score (nSPS) is 20.9. The first kappa shape index (κ1) is 21.3. The minimum atomic E-state index is -0.483. The lowest BCUT2D eigenvalue weighted by Crippen LogP contribution is -2.34. The summed E-state index contributed by atoms with van der Waals surface area (Å²) in [6.45, 7) is -0.332. The molecule has 0 spiro atoms. The van der Waals surface area contributed by atoms with Crippen molar-refractivity contribution in [1.82, 2.24) is 5.01 Å². The Morgan fingerprint density at radius 1 is 1.03 bits per heavy atom. The quantitative estimate of drug-likeness (QED) is 0.461. The number of amides is 1. The van der Waals surface area contributed by atoms with Gasteiger partial charge in [-0.25, -0.2) is 9.80 Å². The van der Waals surface area contributed by atoms with Crippen molar-refractivity contribution in [2.24, 2.45) is 11.0 Å². The summed E-state index contributed by atoms with van der Waals surface area (Å²) < 4.78 is 5.32. The van der Waals surface area contributed by atoms with Crippen molar-refractivity contribution in [2.75, 3.05) is 6.61 Å². The van der Waals surface area contributed by atoms with E-state index in [-0.39, 0.29) is 24.5 Å². The van der Waals surface area contributed by atoms with Gasteiger partial charge in [-0.3, -0.25) is 4.79 Å². The molecule has 1 aromatic heterocycles. The molecule has 1 aliphatic heterocycles. The molecule has 166 valence electrons. The van der Waals surface area contributed by atoms with Crippen molar-refractivity contribution in [2.45, 2.75) is 25.3 Å². The van der Waals surface area contributed by atoms with E-state index in [0.717, 1.165) is 36.1 Å². The van der Waals surface area contributed by atoms with E-state index in [9.17, 15) is 9.59 Å². The maximum absolute atomic E-state index is 13.2. The first-order valence-electron chi connectivity index (χ1n) is 11.1. The molecule has 33 heavy (non-hydrogen) atoms. The second kappa shape index (κ2) is 9.55. The molecular weight excluding hydrogens is 432 g/mol. The number of hydrazone groups is 1. The number of nitrogens with zero attached hydrogens (tertiary/aromatic N) is 2. The van der Waals surface area contributed by atoms with Gasteiger partial charge in [0.2, 0.25) is 0 Å². The van der Waals surface area contributed by atoms with Crippen molar-refractivity contribution >= 4 is 35.0 Å². The largest absolute Gasteiger partial charge is 0.451 e. The molecule has 1 saturated carbocycles. The fraction of sp³-hybridized carbons (Fsp3) is 0.222. The van der Waals surface area contributed by atoms with Crippen molar-refractivity contribution in [3.8, 4) is 0 Å². The summed E-state index contributed by atoms with van der Waals surface area (Å²) in [7, 11) is 0. The number of esters is 1. The third kappa shape index (κ3) is 4.52. The van der Waals surface area contributed by atoms with Crippen LogP contribution in [0.25, 0.3) is 6.08 Å². The van der Waals surface area contributed by atoms with Gasteiger partial charge in [-0.2, -0.15) is 5.10 Å². The molecule has 0 radical (unpaired) electrons. The second-order valence-electron chi connectivity index (χ2n) is 8.21. The molecule has 0 unspecified atom stereocenters. The number of hydrogen-bond donors (Lipinski definition) is 0. The van der Waals surface area contributed by atoms with Gasteiger partial charge in [-0.05, 0) is 53.5 Å². The number of hydrogen-bond acceptors (Lipinski definition) is 5. The number of allylic oxidation sites excluding steroid dienone is 1. The topological polar surface area (TPSA) is 59.0 Å². The average Bonchev–Trinajstić information content (AvgIpc) is 3.53. The molecule has 3 aromatic rings. The molecule has 2 aromatic carbocycles. The van der Waals surface area contributed by atoms with Gasteiger partial charge >= 0.3 is 5.97 Å². The maximum Gasteiger partial charge on any atom is 0.348 e. The summed E-state index contributed by atoms with van der Waals surface area (Å²) in [5.41, 5.74) is 4.31. The zero-order chi connectivity index (χ0) is 22.6. The minimum absolute atomic E-state index is 0.119. The summed E-state index contributed by atoms with van der Waals surface area (Å²) in [6, 6.07) is 23.5. The third-order valence-corrected chi connectivity index (χ3v) is 6.94. The van der Waals surface area contributed by atoms with Crippen LogP contribution in [-0.2, 0) is 9.53 Å². The van der Waals surface area contributed by atoms with E-state index in [1.807, 2.05) is 53.9 Å². The Balaban J connectivity index is 1.44. The van der Waals surface area contributed by atoms with Gasteiger partial charge in [0.05, 0.1) is 11.8 Å². The zero-order valence-electron chi connectivity index (χ0n) is 18.1. The first-order chi connectivity index (χ1) is 16.2. The van der Waals surface area contributed by atoms with Crippen molar-refractivity contribution in [3.63, 3.8) is 0 Å². The number of ether oxygens (including phenoxy) is 1. The Morgan fingerprint density at radius 2 is 1.79 bits per heavy atom. The highest BCUT2D eigenvalue weighted by molar-refractivity contribution is 7.11. The Kier molecular flexibility index (Phi) is 6.17. The summed E-state index contributed by atoms with van der Waals surface area (Å²) in [6.07, 6.45) is 5.11. The van der Waals surface area contributed by atoms with E-state index in [1.165, 1.54) is 16.9 Å². The van der Waals surface area contributed by atoms with Crippen LogP contribution in [0, 0.1) is 5.92 Å². The van der Waals surface area contributed by atoms with Gasteiger partial charge < -0.3 is 4.74 Å². The molecule has 0 N–H and O–H groups in total. The van der Waals surface area contributed by atoms with Gasteiger partial charge in [0.15, 0.2) is 6.61 Å². The number of carbonyl (C=O) groups excluding carboxylic acids is 2. The predicted molar refractivity (Wildman–Crippen MR) is 130 cm³/mol. The van der Waals surface area contributed by atoms with Crippen LogP contribution in [0.1, 0.15) is 46.1 Å². The van der Waals surface area contributed by atoms with Gasteiger partial charge in [-0.15, -0.1) is 11.3 Å². The molecule has 6 heteroatoms. The van der Waals surface area contributed by atoms with Crippen LogP contribution in [0.2, 0.25) is 0 Å². The Labute approximate surface area is 197 Å². The second-order valence-corrected chi connectivity index (χ2v) is 9.16. The highest BCUT2D eigenvalue weighted by Gasteiger charge is 2.43. The average molecular weight is 457 g/mol. The van der Waals surface area contributed by atoms with Gasteiger partial charge in [-0.1, -0.05) is 66.7 Å². The predicted octanol–water partition coefficient (Wildman–Crippen LogP) is 5.73. The number of benzene rings is 2. The summed E-state index contributed by atoms with van der Waals surface area (Å²) in [5, 5.41) is 8.18. The van der Waals surface area contributed by atoms with Gasteiger partial charge in [0, 0.05) is 5.92 Å². The molecule has 2 aliphatic rings. The highest BCUT2D eigenvalue weighted by Crippen LogP contribution is 2.44. The van der Waals surface area contributed by atoms with Crippen LogP contribution in [0.5, 0.6) is 0 Å². The molecule has 0 bridgehead atoms. The molecule has 2 heterocycles. The van der Waals surface area contributed by atoms with Crippen molar-refractivity contribution in [1.29, 1.82) is 0 Å². The summed E-state index contributed by atoms with van der Waals surface area (Å²) >= 11 is 1.30. The van der Waals surface area contributed by atoms with E-state index in [2.05, 4.69) is 18.2 Å². The van der Waals surface area contributed by atoms with E-state index >= 15 is 0 Å². The third-order valence-electron chi connectivity index (χ3n) is 6.09. The van der Waals surface area contributed by atoms with Crippen LogP contribution in [0.3, 0.4) is 0 Å². The first-order valence-corrected chi connectivity index (χ1v) is 12.0. The molecule has 1 amide bonds. The van der Waals surface area contributed by atoms with Crippen LogP contribution >= 0.6 is 11.3 Å². The van der Waals surface area contributed by atoms with Crippen LogP contribution in [0.4, 0.5) is 0 Å². The molecule has 0 saturated heterocycles. The Hall–Kier alpha value is -3.51. The lowest BCUT2D eigenvalue weighted by Gasteiger charge is -2.29. The number of thiophene rings is 1. The molecular formula is C27H24N2O3S. The molecule has 1 aliphatic carbocycles. The fourth-order valence-corrected chi connectivity index (χ4v) is 5.22. The molecule has 2 atom stereocenters. The lowest BCUT2D eigenvalue weighted by atomic mass is 9.77. The van der Waals surface area contributed by atoms with E-state index in [1.54, 1.807) is 17.1 Å². The standard InChI is InChI=1S/C27H24N2O3S/c30-24(18-32-27(31)23-15-8-16-33-23)29-26(20-11-5-2-6-12-20)22-14-7-13-21(25(22)28-29)17-19-9-3-1-4-10-19/h1-6,8-12,15-17,22,26H,7,13-14,18H2/b21-17-/t22-,26-/m1/s1. The molecule has 5 nitrogen and oxygen atoms in total. The smallest absolute Gasteiger partial charge is 0.348 e. The van der Waals surface area contributed by atoms with Crippen LogP contribution < -0.4 is 0 Å². The monoisotopic (exact) mass is 456 g/mol. The van der Waals surface area contributed by atoms with Gasteiger partial charge in [0.1, 0.15) is 4.88 Å². The molecule has 5 rings (SSSR count). The summed E-state index contributed by atoms with van der Waals surface area (Å²) in [5.74, 6) is -0.675. The minimum Gasteiger partial charge on any atom is -0.451 e. The number of carbonyl (C=O) groups is 2. The SMILES string of the molecule is O=C(OCC(=O)N1N=C2/C(=C\c3ccccc3)CCC[C@H]2[C@H]1c1ccccc1)c1cccs1. The van der Waals surface area contributed by atoms with Crippen LogP contribution in [0.15, 0.2) is 88.9 Å². The maximum atomic E-state index is 13.2. The highest BCUT2D eigenvalue weighted by atomic mass is 32.1. The van der Waals surface area contributed by atoms with Crippen molar-refractivity contribution < 1.29 is 14.3 Å². The summed E-state index contributed by atoms with van der Waals surface area (Å²) in [4.78, 5) is 26.0. The lowest BCUT2D eigenvalue weighted by molar-refractivity contribution is -0.137. The number of fused-ring (bicyclic) bond motifs is 1. The number of rotatable bonds is 5. The van der Waals surface area contributed by atoms with E-state index in [0.29, 0.717) is 4.88 Å². The van der Waals surface area contributed by atoms with E-state index in [4.69, 9.17) is 9.84 Å².